The molecule has 0 saturated carbocycles. The highest BCUT2D eigenvalue weighted by molar-refractivity contribution is 7.90. The third-order valence-electron chi connectivity index (χ3n) is 5.03. The summed E-state index contributed by atoms with van der Waals surface area (Å²) < 4.78 is 79.5. The van der Waals surface area contributed by atoms with Gasteiger partial charge < -0.3 is 10.2 Å². The summed E-state index contributed by atoms with van der Waals surface area (Å²) in [5.41, 5.74) is -0.630. The molecule has 2 aromatic rings. The van der Waals surface area contributed by atoms with Gasteiger partial charge in [-0.25, -0.2) is 17.8 Å². The van der Waals surface area contributed by atoms with E-state index in [2.05, 4.69) is 10.3 Å². The van der Waals surface area contributed by atoms with Gasteiger partial charge in [0.1, 0.15) is 21.5 Å². The lowest BCUT2D eigenvalue weighted by atomic mass is 9.89. The van der Waals surface area contributed by atoms with Crippen LogP contribution in [-0.2, 0) is 15.6 Å². The summed E-state index contributed by atoms with van der Waals surface area (Å²) in [5.74, 6) is -1.51. The number of nitrogens with one attached hydrogen (secondary N) is 1. The van der Waals surface area contributed by atoms with E-state index in [9.17, 15) is 26.0 Å². The van der Waals surface area contributed by atoms with E-state index in [1.54, 1.807) is 24.4 Å². The van der Waals surface area contributed by atoms with Crippen molar-refractivity contribution in [1.29, 1.82) is 0 Å². The van der Waals surface area contributed by atoms with E-state index in [-0.39, 0.29) is 29.6 Å². The number of alkyl halides is 3. The van der Waals surface area contributed by atoms with Gasteiger partial charge in [-0.1, -0.05) is 17.7 Å². The standard InChI is InChI=1S/C19H20ClF4N3O2S2/c1-27(2)16-4-3-11(19(22,23)24)7-15(16)26-14-9-13(21)17(8-12(14)20)31(28,29)10-18-25-5-6-30-18/h3,5-6,8-9,15-16,26H,4,7,10H2,1-2H3/t15-,16-/m1/s1. The number of aromatic nitrogens is 1. The maximum atomic E-state index is 14.7. The molecule has 1 aromatic carbocycles. The molecule has 0 unspecified atom stereocenters. The molecule has 0 spiro atoms. The number of thiazole rings is 1. The summed E-state index contributed by atoms with van der Waals surface area (Å²) in [6, 6.07) is 0.899. The van der Waals surface area contributed by atoms with Gasteiger partial charge in [0.05, 0.1) is 10.7 Å². The average Bonchev–Trinajstić information content (AvgIpc) is 3.15. The Hall–Kier alpha value is -1.69. The molecule has 1 heterocycles. The fourth-order valence-corrected chi connectivity index (χ4v) is 6.10. The molecule has 1 aromatic heterocycles. The Labute approximate surface area is 186 Å². The molecule has 0 fully saturated rings. The first kappa shape index (κ1) is 24.0. The maximum Gasteiger partial charge on any atom is 0.412 e. The Morgan fingerprint density at radius 1 is 1.32 bits per heavy atom. The largest absolute Gasteiger partial charge is 0.412 e. The van der Waals surface area contributed by atoms with Gasteiger partial charge in [-0.2, -0.15) is 13.2 Å². The lowest BCUT2D eigenvalue weighted by Gasteiger charge is -2.37. The van der Waals surface area contributed by atoms with Crippen LogP contribution in [0.3, 0.4) is 0 Å². The second-order valence-corrected chi connectivity index (χ2v) is 10.7. The highest BCUT2D eigenvalue weighted by atomic mass is 35.5. The number of nitrogens with zero attached hydrogens (tertiary/aromatic N) is 2. The minimum absolute atomic E-state index is 0.0349. The molecule has 1 aliphatic rings. The lowest BCUT2D eigenvalue weighted by Crippen LogP contribution is -2.46. The van der Waals surface area contributed by atoms with Crippen molar-refractivity contribution >= 4 is 38.5 Å². The average molecular weight is 498 g/mol. The Bertz CT molecular complexity index is 1070. The number of hydrogen-bond donors (Lipinski definition) is 1. The number of anilines is 1. The van der Waals surface area contributed by atoms with Crippen molar-refractivity contribution in [3.8, 4) is 0 Å². The molecule has 0 saturated heterocycles. The van der Waals surface area contributed by atoms with Gasteiger partial charge in [0, 0.05) is 29.2 Å². The first-order valence-electron chi connectivity index (χ1n) is 9.18. The molecule has 170 valence electrons. The van der Waals surface area contributed by atoms with Crippen LogP contribution in [0.1, 0.15) is 17.8 Å². The minimum Gasteiger partial charge on any atom is -0.379 e. The van der Waals surface area contributed by atoms with E-state index < -0.39 is 44.1 Å². The predicted molar refractivity (Wildman–Crippen MR) is 113 cm³/mol. The predicted octanol–water partition coefficient (Wildman–Crippen LogP) is 4.90. The SMILES string of the molecule is CN(C)[C@@H]1CC=C(C(F)(F)F)C[C@H]1Nc1cc(F)c(S(=O)(=O)Cc2nccs2)cc1Cl. The Balaban J connectivity index is 1.88. The van der Waals surface area contributed by atoms with Gasteiger partial charge in [-0.3, -0.25) is 0 Å². The number of halogens is 5. The van der Waals surface area contributed by atoms with E-state index in [1.165, 1.54) is 12.3 Å². The molecule has 12 heteroatoms. The summed E-state index contributed by atoms with van der Waals surface area (Å²) in [6.45, 7) is 0. The van der Waals surface area contributed by atoms with Gasteiger partial charge in [0.25, 0.3) is 0 Å². The van der Waals surface area contributed by atoms with Crippen LogP contribution in [0, 0.1) is 5.82 Å². The molecule has 5 nitrogen and oxygen atoms in total. The summed E-state index contributed by atoms with van der Waals surface area (Å²) in [7, 11) is -0.567. The van der Waals surface area contributed by atoms with Crippen LogP contribution < -0.4 is 5.32 Å². The van der Waals surface area contributed by atoms with Crippen LogP contribution in [0.25, 0.3) is 0 Å². The Morgan fingerprint density at radius 3 is 2.61 bits per heavy atom. The normalized spacial score (nSPS) is 20.1. The number of sulfone groups is 1. The van der Waals surface area contributed by atoms with E-state index in [1.807, 2.05) is 0 Å². The Kier molecular flexibility index (Phi) is 6.99. The third-order valence-corrected chi connectivity index (χ3v) is 7.94. The van der Waals surface area contributed by atoms with E-state index in [4.69, 9.17) is 11.6 Å². The van der Waals surface area contributed by atoms with E-state index in [0.717, 1.165) is 23.5 Å². The molecule has 31 heavy (non-hydrogen) atoms. The summed E-state index contributed by atoms with van der Waals surface area (Å²) in [4.78, 5) is 5.09. The third kappa shape index (κ3) is 5.57. The van der Waals surface area contributed by atoms with Crippen molar-refractivity contribution in [3.05, 3.63) is 51.2 Å². The van der Waals surface area contributed by atoms with Crippen molar-refractivity contribution in [2.75, 3.05) is 19.4 Å². The van der Waals surface area contributed by atoms with Crippen LogP contribution >= 0.6 is 22.9 Å². The number of benzene rings is 1. The minimum atomic E-state index is -4.46. The highest BCUT2D eigenvalue weighted by Crippen LogP contribution is 2.37. The second-order valence-electron chi connectivity index (χ2n) is 7.40. The number of likely N-dealkylation sites (N-methyl/N-ethyl adjacent to an activating group) is 1. The topological polar surface area (TPSA) is 62.3 Å². The first-order chi connectivity index (χ1) is 14.4. The molecule has 1 N–H and O–H groups in total. The first-order valence-corrected chi connectivity index (χ1v) is 12.1. The maximum absolute atomic E-state index is 14.7. The zero-order valence-electron chi connectivity index (χ0n) is 16.6. The van der Waals surface area contributed by atoms with Crippen molar-refractivity contribution in [1.82, 2.24) is 9.88 Å². The summed E-state index contributed by atoms with van der Waals surface area (Å²) in [5, 5.41) is 4.70. The van der Waals surface area contributed by atoms with Crippen molar-refractivity contribution in [2.45, 2.75) is 41.7 Å². The van der Waals surface area contributed by atoms with Gasteiger partial charge in [-0.15, -0.1) is 11.3 Å². The molecule has 0 radical (unpaired) electrons. The van der Waals surface area contributed by atoms with Crippen LogP contribution in [0.2, 0.25) is 5.02 Å². The van der Waals surface area contributed by atoms with Gasteiger partial charge in [0.15, 0.2) is 9.84 Å². The molecule has 1 aliphatic carbocycles. The molecule has 0 amide bonds. The fraction of sp³-hybridized carbons (Fsp3) is 0.421. The van der Waals surface area contributed by atoms with Crippen LogP contribution in [0.4, 0.5) is 23.2 Å². The van der Waals surface area contributed by atoms with Crippen molar-refractivity contribution in [3.63, 3.8) is 0 Å². The summed E-state index contributed by atoms with van der Waals surface area (Å²) >= 11 is 7.33. The zero-order valence-corrected chi connectivity index (χ0v) is 19.0. The van der Waals surface area contributed by atoms with Crippen molar-refractivity contribution < 1.29 is 26.0 Å². The lowest BCUT2D eigenvalue weighted by molar-refractivity contribution is -0.0961. The van der Waals surface area contributed by atoms with Gasteiger partial charge >= 0.3 is 6.18 Å². The second kappa shape index (κ2) is 9.05. The van der Waals surface area contributed by atoms with E-state index >= 15 is 0 Å². The summed E-state index contributed by atoms with van der Waals surface area (Å²) in [6.07, 6.45) is -2.02. The quantitative estimate of drug-likeness (QED) is 0.454. The molecule has 2 atom stereocenters. The van der Waals surface area contributed by atoms with Crippen LogP contribution in [0.15, 0.2) is 40.3 Å². The fourth-order valence-electron chi connectivity index (χ4n) is 3.47. The molecular weight excluding hydrogens is 478 g/mol. The smallest absolute Gasteiger partial charge is 0.379 e. The molecule has 0 aliphatic heterocycles. The number of rotatable bonds is 6. The highest BCUT2D eigenvalue weighted by Gasteiger charge is 2.40. The number of hydrogen-bond acceptors (Lipinski definition) is 6. The van der Waals surface area contributed by atoms with Gasteiger partial charge in [0.2, 0.25) is 0 Å². The van der Waals surface area contributed by atoms with Crippen LogP contribution in [0.5, 0.6) is 0 Å². The van der Waals surface area contributed by atoms with Gasteiger partial charge in [-0.05, 0) is 39.1 Å². The zero-order chi connectivity index (χ0) is 23.0. The molecule has 3 rings (SSSR count). The monoisotopic (exact) mass is 497 g/mol. The molecule has 0 bridgehead atoms. The van der Waals surface area contributed by atoms with E-state index in [0.29, 0.717) is 5.01 Å². The Morgan fingerprint density at radius 2 is 2.03 bits per heavy atom. The van der Waals surface area contributed by atoms with Crippen molar-refractivity contribution in [2.24, 2.45) is 0 Å². The van der Waals surface area contributed by atoms with Crippen LogP contribution in [-0.4, -0.2) is 50.7 Å². The molecular formula is C19H20ClF4N3O2S2.